The SMILES string of the molecule is Cc1cc(=O)c(OCc2ccccc2)c(C(=O)NC2CCCC2)n1C. The Morgan fingerprint density at radius 1 is 1.24 bits per heavy atom. The Kier molecular flexibility index (Phi) is 5.22. The summed E-state index contributed by atoms with van der Waals surface area (Å²) in [5.41, 5.74) is 1.72. The zero-order valence-electron chi connectivity index (χ0n) is 14.7. The van der Waals surface area contributed by atoms with Crippen LogP contribution >= 0.6 is 0 Å². The summed E-state index contributed by atoms with van der Waals surface area (Å²) in [5.74, 6) is -0.120. The molecule has 0 saturated heterocycles. The largest absolute Gasteiger partial charge is 0.483 e. The van der Waals surface area contributed by atoms with E-state index in [1.165, 1.54) is 6.07 Å². The quantitative estimate of drug-likeness (QED) is 0.910. The summed E-state index contributed by atoms with van der Waals surface area (Å²) in [6, 6.07) is 11.3. The molecular weight excluding hydrogens is 316 g/mol. The van der Waals surface area contributed by atoms with Gasteiger partial charge in [0, 0.05) is 24.8 Å². The van der Waals surface area contributed by atoms with Crippen LogP contribution in [0.4, 0.5) is 0 Å². The Hall–Kier alpha value is -2.56. The number of nitrogens with zero attached hydrogens (tertiary/aromatic N) is 1. The summed E-state index contributed by atoms with van der Waals surface area (Å²) in [6.45, 7) is 2.07. The molecule has 0 spiro atoms. The van der Waals surface area contributed by atoms with E-state index in [1.54, 1.807) is 11.6 Å². The minimum absolute atomic E-state index is 0.118. The van der Waals surface area contributed by atoms with E-state index in [0.717, 1.165) is 36.9 Å². The molecule has 1 aromatic carbocycles. The first-order chi connectivity index (χ1) is 12.1. The molecule has 1 aliphatic rings. The molecule has 1 N–H and O–H groups in total. The van der Waals surface area contributed by atoms with E-state index >= 15 is 0 Å². The highest BCUT2D eigenvalue weighted by molar-refractivity contribution is 5.95. The molecule has 1 saturated carbocycles. The number of rotatable bonds is 5. The lowest BCUT2D eigenvalue weighted by atomic mass is 10.2. The van der Waals surface area contributed by atoms with E-state index in [-0.39, 0.29) is 29.7 Å². The maximum Gasteiger partial charge on any atom is 0.272 e. The second kappa shape index (κ2) is 7.55. The summed E-state index contributed by atoms with van der Waals surface area (Å²) >= 11 is 0. The van der Waals surface area contributed by atoms with Crippen molar-refractivity contribution in [3.05, 3.63) is 63.6 Å². The van der Waals surface area contributed by atoms with Crippen LogP contribution < -0.4 is 15.5 Å². The molecule has 1 aromatic heterocycles. The molecule has 2 aromatic rings. The topological polar surface area (TPSA) is 60.3 Å². The first-order valence-electron chi connectivity index (χ1n) is 8.74. The maximum absolute atomic E-state index is 12.8. The van der Waals surface area contributed by atoms with Gasteiger partial charge in [-0.15, -0.1) is 0 Å². The first kappa shape index (κ1) is 17.3. The third-order valence-corrected chi connectivity index (χ3v) is 4.77. The maximum atomic E-state index is 12.8. The third-order valence-electron chi connectivity index (χ3n) is 4.77. The Morgan fingerprint density at radius 3 is 2.60 bits per heavy atom. The summed E-state index contributed by atoms with van der Waals surface area (Å²) in [4.78, 5) is 25.3. The zero-order valence-corrected chi connectivity index (χ0v) is 14.7. The lowest BCUT2D eigenvalue weighted by molar-refractivity contribution is 0.0922. The fourth-order valence-corrected chi connectivity index (χ4v) is 3.25. The normalized spacial score (nSPS) is 14.5. The number of hydrogen-bond acceptors (Lipinski definition) is 3. The molecule has 3 rings (SSSR count). The Labute approximate surface area is 147 Å². The van der Waals surface area contributed by atoms with Crippen LogP contribution in [0, 0.1) is 6.92 Å². The predicted molar refractivity (Wildman–Crippen MR) is 96.9 cm³/mol. The molecule has 1 amide bonds. The number of hydrogen-bond donors (Lipinski definition) is 1. The molecule has 0 bridgehead atoms. The Morgan fingerprint density at radius 2 is 1.92 bits per heavy atom. The van der Waals surface area contributed by atoms with Crippen LogP contribution in [-0.2, 0) is 13.7 Å². The number of carbonyl (C=O) groups is 1. The highest BCUT2D eigenvalue weighted by Crippen LogP contribution is 2.21. The lowest BCUT2D eigenvalue weighted by Crippen LogP contribution is -2.36. The second-order valence-electron chi connectivity index (χ2n) is 6.62. The molecule has 5 heteroatoms. The number of ether oxygens (including phenoxy) is 1. The summed E-state index contributed by atoms with van der Waals surface area (Å²) in [5, 5.41) is 3.05. The van der Waals surface area contributed by atoms with Crippen LogP contribution in [0.25, 0.3) is 0 Å². The van der Waals surface area contributed by atoms with E-state index in [9.17, 15) is 9.59 Å². The van der Waals surface area contributed by atoms with Crippen LogP contribution in [0.15, 0.2) is 41.2 Å². The van der Waals surface area contributed by atoms with Crippen LogP contribution in [0.3, 0.4) is 0 Å². The van der Waals surface area contributed by atoms with Crippen LogP contribution in [0.1, 0.15) is 47.4 Å². The number of amides is 1. The van der Waals surface area contributed by atoms with Crippen molar-refractivity contribution in [2.75, 3.05) is 0 Å². The number of carbonyl (C=O) groups excluding carboxylic acids is 1. The molecule has 1 aliphatic carbocycles. The van der Waals surface area contributed by atoms with Gasteiger partial charge in [0.2, 0.25) is 5.43 Å². The number of nitrogens with one attached hydrogen (secondary N) is 1. The van der Waals surface area contributed by atoms with Crippen LogP contribution in [-0.4, -0.2) is 16.5 Å². The van der Waals surface area contributed by atoms with E-state index < -0.39 is 0 Å². The van der Waals surface area contributed by atoms with Gasteiger partial charge in [-0.3, -0.25) is 9.59 Å². The van der Waals surface area contributed by atoms with E-state index in [2.05, 4.69) is 5.32 Å². The van der Waals surface area contributed by atoms with Crippen molar-refractivity contribution in [3.63, 3.8) is 0 Å². The van der Waals surface area contributed by atoms with Crippen molar-refractivity contribution in [1.29, 1.82) is 0 Å². The number of pyridine rings is 1. The molecule has 0 radical (unpaired) electrons. The highest BCUT2D eigenvalue weighted by Gasteiger charge is 2.24. The molecule has 1 fully saturated rings. The van der Waals surface area contributed by atoms with Gasteiger partial charge >= 0.3 is 0 Å². The molecule has 0 atom stereocenters. The average Bonchev–Trinajstić information content (AvgIpc) is 3.10. The molecule has 0 unspecified atom stereocenters. The second-order valence-corrected chi connectivity index (χ2v) is 6.62. The zero-order chi connectivity index (χ0) is 17.8. The Balaban J connectivity index is 1.89. The van der Waals surface area contributed by atoms with Gasteiger partial charge in [-0.1, -0.05) is 43.2 Å². The van der Waals surface area contributed by atoms with Gasteiger partial charge in [0.15, 0.2) is 11.4 Å². The van der Waals surface area contributed by atoms with E-state index in [1.807, 2.05) is 37.3 Å². The predicted octanol–water partition coefficient (Wildman–Crippen LogP) is 2.95. The van der Waals surface area contributed by atoms with Gasteiger partial charge in [0.1, 0.15) is 6.61 Å². The van der Waals surface area contributed by atoms with Crippen molar-refractivity contribution in [2.45, 2.75) is 45.3 Å². The monoisotopic (exact) mass is 340 g/mol. The summed E-state index contributed by atoms with van der Waals surface area (Å²) in [7, 11) is 1.79. The summed E-state index contributed by atoms with van der Waals surface area (Å²) in [6.07, 6.45) is 4.25. The van der Waals surface area contributed by atoms with Gasteiger partial charge in [-0.05, 0) is 25.3 Å². The van der Waals surface area contributed by atoms with Crippen molar-refractivity contribution in [2.24, 2.45) is 7.05 Å². The van der Waals surface area contributed by atoms with E-state index in [4.69, 9.17) is 4.74 Å². The van der Waals surface area contributed by atoms with Crippen molar-refractivity contribution in [3.8, 4) is 5.75 Å². The summed E-state index contributed by atoms with van der Waals surface area (Å²) < 4.78 is 7.51. The number of aromatic nitrogens is 1. The lowest BCUT2D eigenvalue weighted by Gasteiger charge is -2.19. The van der Waals surface area contributed by atoms with Gasteiger partial charge in [0.05, 0.1) is 0 Å². The molecule has 1 heterocycles. The van der Waals surface area contributed by atoms with Gasteiger partial charge in [-0.25, -0.2) is 0 Å². The molecule has 132 valence electrons. The van der Waals surface area contributed by atoms with E-state index in [0.29, 0.717) is 5.69 Å². The third kappa shape index (κ3) is 3.92. The molecule has 0 aliphatic heterocycles. The first-order valence-corrected chi connectivity index (χ1v) is 8.74. The van der Waals surface area contributed by atoms with Crippen molar-refractivity contribution in [1.82, 2.24) is 9.88 Å². The minimum Gasteiger partial charge on any atom is -0.483 e. The molecular formula is C20H24N2O3. The van der Waals surface area contributed by atoms with Crippen molar-refractivity contribution >= 4 is 5.91 Å². The average molecular weight is 340 g/mol. The number of benzene rings is 1. The fourth-order valence-electron chi connectivity index (χ4n) is 3.25. The van der Waals surface area contributed by atoms with Gasteiger partial charge in [0.25, 0.3) is 5.91 Å². The number of aryl methyl sites for hydroxylation is 1. The Bertz CT molecular complexity index is 806. The van der Waals surface area contributed by atoms with Gasteiger partial charge in [-0.2, -0.15) is 0 Å². The van der Waals surface area contributed by atoms with Gasteiger partial charge < -0.3 is 14.6 Å². The highest BCUT2D eigenvalue weighted by atomic mass is 16.5. The fraction of sp³-hybridized carbons (Fsp3) is 0.400. The van der Waals surface area contributed by atoms with Crippen molar-refractivity contribution < 1.29 is 9.53 Å². The van der Waals surface area contributed by atoms with Crippen LogP contribution in [0.2, 0.25) is 0 Å². The standard InChI is InChI=1S/C20H24N2O3/c1-14-12-17(23)19(25-13-15-8-4-3-5-9-15)18(22(14)2)20(24)21-16-10-6-7-11-16/h3-5,8-9,12,16H,6-7,10-11,13H2,1-2H3,(H,21,24). The van der Waals surface area contributed by atoms with Crippen LogP contribution in [0.5, 0.6) is 5.75 Å². The smallest absolute Gasteiger partial charge is 0.272 e. The minimum atomic E-state index is -0.261. The molecule has 5 nitrogen and oxygen atoms in total. The molecule has 25 heavy (non-hydrogen) atoms.